The van der Waals surface area contributed by atoms with E-state index in [1.54, 1.807) is 19.1 Å². The number of thioether (sulfide) groups is 1. The molecule has 2 aliphatic rings. The molecule has 0 spiro atoms. The van der Waals surface area contributed by atoms with Gasteiger partial charge in [-0.15, -0.1) is 11.8 Å². The van der Waals surface area contributed by atoms with E-state index in [0.717, 1.165) is 4.90 Å². The molecular formula is C16H17FO5S. The Balaban J connectivity index is 1.71. The zero-order chi connectivity index (χ0) is 16.9. The Morgan fingerprint density at radius 1 is 1.17 bits per heavy atom. The minimum atomic E-state index is -1.05. The highest BCUT2D eigenvalue weighted by Gasteiger charge is 2.71. The number of carboxylic acid groups (broad SMARTS) is 2. The first-order chi connectivity index (χ1) is 10.8. The van der Waals surface area contributed by atoms with Crippen LogP contribution in [0.15, 0.2) is 23.1 Å². The number of aryl methyl sites for hydroxylation is 1. The summed E-state index contributed by atoms with van der Waals surface area (Å²) in [5, 5.41) is 28.8. The monoisotopic (exact) mass is 340 g/mol. The summed E-state index contributed by atoms with van der Waals surface area (Å²) in [5.41, 5.74) is 0.505. The minimum absolute atomic E-state index is 0.302. The van der Waals surface area contributed by atoms with Gasteiger partial charge in [-0.05, 0) is 36.6 Å². The lowest BCUT2D eigenvalue weighted by Crippen LogP contribution is -2.34. The molecule has 6 atom stereocenters. The van der Waals surface area contributed by atoms with Gasteiger partial charge in [0.15, 0.2) is 0 Å². The zero-order valence-corrected chi connectivity index (χ0v) is 13.2. The fourth-order valence-corrected chi connectivity index (χ4v) is 5.04. The van der Waals surface area contributed by atoms with Crippen LogP contribution >= 0.6 is 11.8 Å². The van der Waals surface area contributed by atoms with Crippen molar-refractivity contribution in [3.05, 3.63) is 29.6 Å². The molecule has 0 aromatic heterocycles. The molecule has 2 fully saturated rings. The van der Waals surface area contributed by atoms with Gasteiger partial charge in [-0.3, -0.25) is 9.59 Å². The molecule has 2 aliphatic carbocycles. The van der Waals surface area contributed by atoms with Crippen molar-refractivity contribution in [2.75, 3.05) is 5.75 Å². The highest BCUT2D eigenvalue weighted by atomic mass is 32.2. The van der Waals surface area contributed by atoms with E-state index in [9.17, 15) is 24.2 Å². The molecule has 3 N–H and O–H groups in total. The van der Waals surface area contributed by atoms with E-state index in [-0.39, 0.29) is 5.82 Å². The summed E-state index contributed by atoms with van der Waals surface area (Å²) < 4.78 is 13.3. The first-order valence-corrected chi connectivity index (χ1v) is 8.34. The molecule has 0 amide bonds. The molecule has 1 aromatic rings. The maximum Gasteiger partial charge on any atom is 0.307 e. The number of carboxylic acids is 2. The number of aliphatic carboxylic acids is 2. The average molecular weight is 340 g/mol. The predicted molar refractivity (Wildman–Crippen MR) is 80.6 cm³/mol. The zero-order valence-electron chi connectivity index (χ0n) is 12.3. The van der Waals surface area contributed by atoms with Gasteiger partial charge in [0.25, 0.3) is 0 Å². The van der Waals surface area contributed by atoms with Gasteiger partial charge in [0.05, 0.1) is 17.9 Å². The molecule has 0 aliphatic heterocycles. The molecule has 7 heteroatoms. The number of hydrogen-bond donors (Lipinski definition) is 3. The van der Waals surface area contributed by atoms with Gasteiger partial charge in [-0.2, -0.15) is 0 Å². The predicted octanol–water partition coefficient (Wildman–Crippen LogP) is 1.86. The molecule has 0 saturated heterocycles. The average Bonchev–Trinajstić information content (AvgIpc) is 3.14. The Morgan fingerprint density at radius 2 is 1.83 bits per heavy atom. The number of halogens is 1. The largest absolute Gasteiger partial charge is 0.481 e. The second-order valence-corrected chi connectivity index (χ2v) is 7.35. The highest BCUT2D eigenvalue weighted by molar-refractivity contribution is 7.99. The third-order valence-corrected chi connectivity index (χ3v) is 6.12. The van der Waals surface area contributed by atoms with E-state index >= 15 is 0 Å². The van der Waals surface area contributed by atoms with Crippen LogP contribution in [-0.4, -0.2) is 39.1 Å². The van der Waals surface area contributed by atoms with Crippen molar-refractivity contribution in [1.82, 2.24) is 0 Å². The van der Waals surface area contributed by atoms with Gasteiger partial charge in [0.2, 0.25) is 0 Å². The number of aliphatic hydroxyl groups excluding tert-OH is 1. The van der Waals surface area contributed by atoms with Crippen molar-refractivity contribution >= 4 is 23.7 Å². The highest BCUT2D eigenvalue weighted by Crippen LogP contribution is 2.63. The molecule has 3 rings (SSSR count). The lowest BCUT2D eigenvalue weighted by atomic mass is 9.88. The number of rotatable bonds is 5. The van der Waals surface area contributed by atoms with Crippen LogP contribution < -0.4 is 0 Å². The molecule has 0 radical (unpaired) electrons. The molecule has 1 aromatic carbocycles. The van der Waals surface area contributed by atoms with Crippen LogP contribution in [0.3, 0.4) is 0 Å². The summed E-state index contributed by atoms with van der Waals surface area (Å²) in [6, 6.07) is 4.65. The second-order valence-electron chi connectivity index (χ2n) is 6.26. The lowest BCUT2D eigenvalue weighted by Gasteiger charge is -2.23. The first kappa shape index (κ1) is 16.3. The first-order valence-electron chi connectivity index (χ1n) is 7.35. The Bertz CT molecular complexity index is 664. The van der Waals surface area contributed by atoms with Gasteiger partial charge >= 0.3 is 11.9 Å². The summed E-state index contributed by atoms with van der Waals surface area (Å²) in [4.78, 5) is 23.4. The van der Waals surface area contributed by atoms with E-state index < -0.39 is 47.6 Å². The van der Waals surface area contributed by atoms with Crippen molar-refractivity contribution in [2.45, 2.75) is 17.9 Å². The fraction of sp³-hybridized carbons (Fsp3) is 0.500. The maximum absolute atomic E-state index is 13.3. The van der Waals surface area contributed by atoms with Gasteiger partial charge in [-0.25, -0.2) is 4.39 Å². The van der Waals surface area contributed by atoms with E-state index in [0.29, 0.717) is 11.3 Å². The number of hydrogen-bond acceptors (Lipinski definition) is 4. The number of carbonyl (C=O) groups is 2. The van der Waals surface area contributed by atoms with Crippen LogP contribution in [0.2, 0.25) is 0 Å². The van der Waals surface area contributed by atoms with Crippen LogP contribution in [0.25, 0.3) is 0 Å². The molecule has 0 heterocycles. The van der Waals surface area contributed by atoms with Gasteiger partial charge in [-0.1, -0.05) is 0 Å². The van der Waals surface area contributed by atoms with Crippen molar-refractivity contribution in [3.63, 3.8) is 0 Å². The molecular weight excluding hydrogens is 323 g/mol. The van der Waals surface area contributed by atoms with Crippen LogP contribution in [0.1, 0.15) is 5.56 Å². The van der Waals surface area contributed by atoms with E-state index in [1.165, 1.54) is 17.8 Å². The van der Waals surface area contributed by atoms with Crippen molar-refractivity contribution < 1.29 is 29.3 Å². The molecule has 124 valence electrons. The summed E-state index contributed by atoms with van der Waals surface area (Å²) in [6.45, 7) is 1.65. The Kier molecular flexibility index (Phi) is 4.10. The van der Waals surface area contributed by atoms with Crippen LogP contribution in [-0.2, 0) is 9.59 Å². The third-order valence-electron chi connectivity index (χ3n) is 4.98. The molecule has 2 saturated carbocycles. The van der Waals surface area contributed by atoms with Crippen LogP contribution in [0.4, 0.5) is 4.39 Å². The number of fused-ring (bicyclic) bond motifs is 1. The topological polar surface area (TPSA) is 94.8 Å². The maximum atomic E-state index is 13.3. The van der Waals surface area contributed by atoms with Gasteiger partial charge in [0, 0.05) is 22.5 Å². The van der Waals surface area contributed by atoms with E-state index in [1.807, 2.05) is 0 Å². The fourth-order valence-electron chi connectivity index (χ4n) is 3.82. The number of benzene rings is 1. The van der Waals surface area contributed by atoms with E-state index in [4.69, 9.17) is 5.11 Å². The standard InChI is InChI=1S/C16H17FO5S/c1-6-4-7(2-3-9(6)17)23-5-8-10(15(19)20)11-12(14(8)18)13(11)16(21)22/h2-4,8,10-14,18H,5H2,1H3,(H,19,20)(H,21,22). The smallest absolute Gasteiger partial charge is 0.307 e. The molecule has 23 heavy (non-hydrogen) atoms. The van der Waals surface area contributed by atoms with Crippen molar-refractivity contribution in [2.24, 2.45) is 29.6 Å². The quantitative estimate of drug-likeness (QED) is 0.708. The number of aliphatic hydroxyl groups is 1. The summed E-state index contributed by atoms with van der Waals surface area (Å²) >= 11 is 1.36. The van der Waals surface area contributed by atoms with Gasteiger partial charge in [0.1, 0.15) is 5.82 Å². The molecule has 0 bridgehead atoms. The molecule has 6 unspecified atom stereocenters. The SMILES string of the molecule is Cc1cc(SCC2C(O)C3C(C(=O)O)C3C2C(=O)O)ccc1F. The van der Waals surface area contributed by atoms with E-state index in [2.05, 4.69) is 0 Å². The Hall–Kier alpha value is -1.60. The van der Waals surface area contributed by atoms with Crippen LogP contribution in [0, 0.1) is 42.3 Å². The summed E-state index contributed by atoms with van der Waals surface area (Å²) in [5.74, 6) is -5.06. The third kappa shape index (κ3) is 2.72. The normalized spacial score (nSPS) is 34.9. The summed E-state index contributed by atoms with van der Waals surface area (Å²) in [7, 11) is 0. The summed E-state index contributed by atoms with van der Waals surface area (Å²) in [6.07, 6.45) is -0.920. The Labute approximate surface area is 136 Å². The van der Waals surface area contributed by atoms with Crippen LogP contribution in [0.5, 0.6) is 0 Å². The molecule has 5 nitrogen and oxygen atoms in total. The Morgan fingerprint density at radius 3 is 2.39 bits per heavy atom. The second kappa shape index (κ2) is 5.79. The van der Waals surface area contributed by atoms with Crippen molar-refractivity contribution in [1.29, 1.82) is 0 Å². The lowest BCUT2D eigenvalue weighted by molar-refractivity contribution is -0.146. The van der Waals surface area contributed by atoms with Gasteiger partial charge < -0.3 is 15.3 Å². The van der Waals surface area contributed by atoms with Crippen molar-refractivity contribution in [3.8, 4) is 0 Å². The minimum Gasteiger partial charge on any atom is -0.481 e.